The molecule has 0 fully saturated rings. The molecule has 96 valence electrons. The van der Waals surface area contributed by atoms with E-state index < -0.39 is 0 Å². The minimum atomic E-state index is 0.682. The van der Waals surface area contributed by atoms with Crippen LogP contribution in [0, 0.1) is 0 Å². The zero-order valence-electron chi connectivity index (χ0n) is 10.4. The minimum absolute atomic E-state index is 0.682. The molecule has 5 heteroatoms. The van der Waals surface area contributed by atoms with Gasteiger partial charge in [-0.15, -0.1) is 0 Å². The summed E-state index contributed by atoms with van der Waals surface area (Å²) >= 11 is 5.97. The summed E-state index contributed by atoms with van der Waals surface area (Å²) in [5.74, 6) is 1.40. The molecule has 0 amide bonds. The zero-order chi connectivity index (χ0) is 13.2. The van der Waals surface area contributed by atoms with Crippen LogP contribution in [0.15, 0.2) is 41.1 Å². The first-order chi connectivity index (χ1) is 9.28. The molecule has 0 saturated heterocycles. The zero-order valence-corrected chi connectivity index (χ0v) is 11.1. The molecule has 2 aromatic heterocycles. The second kappa shape index (κ2) is 4.90. The molecule has 0 radical (unpaired) electrons. The van der Waals surface area contributed by atoms with Gasteiger partial charge in [-0.2, -0.15) is 0 Å². The maximum Gasteiger partial charge on any atom is 0.157 e. The van der Waals surface area contributed by atoms with Crippen LogP contribution in [0.4, 0.5) is 5.82 Å². The number of nitrogens with zero attached hydrogens (tertiary/aromatic N) is 2. The number of halogens is 1. The van der Waals surface area contributed by atoms with Crippen LogP contribution >= 0.6 is 11.6 Å². The highest BCUT2D eigenvalue weighted by Crippen LogP contribution is 2.31. The third-order valence-electron chi connectivity index (χ3n) is 2.75. The van der Waals surface area contributed by atoms with Crippen molar-refractivity contribution in [3.05, 3.63) is 41.7 Å². The summed E-state index contributed by atoms with van der Waals surface area (Å²) in [6.07, 6.45) is 3.30. The van der Waals surface area contributed by atoms with Gasteiger partial charge >= 0.3 is 0 Å². The highest BCUT2D eigenvalue weighted by molar-refractivity contribution is 6.31. The molecule has 0 aliphatic carbocycles. The molecular formula is C14H12ClN3O. The Balaban J connectivity index is 2.13. The van der Waals surface area contributed by atoms with Gasteiger partial charge in [0.15, 0.2) is 11.6 Å². The fourth-order valence-corrected chi connectivity index (χ4v) is 2.13. The summed E-state index contributed by atoms with van der Waals surface area (Å²) in [5.41, 5.74) is 1.49. The quantitative estimate of drug-likeness (QED) is 0.784. The lowest BCUT2D eigenvalue weighted by molar-refractivity contribution is 0.628. The lowest BCUT2D eigenvalue weighted by atomic mass is 10.2. The fraction of sp³-hybridized carbons (Fsp3) is 0.143. The minimum Gasteiger partial charge on any atom is -0.454 e. The first kappa shape index (κ1) is 12.0. The van der Waals surface area contributed by atoms with Crippen molar-refractivity contribution >= 4 is 28.4 Å². The Morgan fingerprint density at radius 1 is 1.21 bits per heavy atom. The topological polar surface area (TPSA) is 51.0 Å². The van der Waals surface area contributed by atoms with Crippen LogP contribution in [-0.4, -0.2) is 16.5 Å². The number of furan rings is 1. The standard InChI is InChI=1S/C14H12ClN3O/c1-2-16-14-13(17-5-6-18-14)12-8-9-7-10(15)3-4-11(9)19-12/h3-8H,2H2,1H3,(H,16,18). The number of rotatable bonds is 3. The Morgan fingerprint density at radius 3 is 2.89 bits per heavy atom. The Kier molecular flexibility index (Phi) is 3.09. The molecule has 1 N–H and O–H groups in total. The molecule has 1 aromatic carbocycles. The number of aromatic nitrogens is 2. The number of hydrogen-bond acceptors (Lipinski definition) is 4. The molecule has 0 atom stereocenters. The number of benzene rings is 1. The third kappa shape index (κ3) is 2.27. The van der Waals surface area contributed by atoms with Gasteiger partial charge in [0.05, 0.1) is 0 Å². The molecular weight excluding hydrogens is 262 g/mol. The molecule has 0 aliphatic heterocycles. The van der Waals surface area contributed by atoms with Crippen molar-refractivity contribution in [3.63, 3.8) is 0 Å². The Bertz CT molecular complexity index is 724. The fourth-order valence-electron chi connectivity index (χ4n) is 1.95. The van der Waals surface area contributed by atoms with E-state index in [1.165, 1.54) is 0 Å². The molecule has 0 unspecified atom stereocenters. The molecule has 0 saturated carbocycles. The van der Waals surface area contributed by atoms with Crippen molar-refractivity contribution < 1.29 is 4.42 Å². The van der Waals surface area contributed by atoms with Gasteiger partial charge in [0.25, 0.3) is 0 Å². The number of nitrogens with one attached hydrogen (secondary N) is 1. The van der Waals surface area contributed by atoms with Gasteiger partial charge in [0.2, 0.25) is 0 Å². The third-order valence-corrected chi connectivity index (χ3v) is 2.99. The van der Waals surface area contributed by atoms with Crippen molar-refractivity contribution in [3.8, 4) is 11.5 Å². The first-order valence-electron chi connectivity index (χ1n) is 6.02. The number of hydrogen-bond donors (Lipinski definition) is 1. The van der Waals surface area contributed by atoms with Crippen LogP contribution in [0.1, 0.15) is 6.92 Å². The second-order valence-corrected chi connectivity index (χ2v) is 4.51. The van der Waals surface area contributed by atoms with E-state index in [1.807, 2.05) is 25.1 Å². The van der Waals surface area contributed by atoms with Crippen molar-refractivity contribution in [2.45, 2.75) is 6.92 Å². The Labute approximate surface area is 115 Å². The Morgan fingerprint density at radius 2 is 2.05 bits per heavy atom. The van der Waals surface area contributed by atoms with Gasteiger partial charge in [0, 0.05) is 29.3 Å². The van der Waals surface area contributed by atoms with Gasteiger partial charge in [0.1, 0.15) is 11.3 Å². The van der Waals surface area contributed by atoms with Gasteiger partial charge < -0.3 is 9.73 Å². The molecule has 0 aliphatic rings. The van der Waals surface area contributed by atoms with Crippen LogP contribution in [-0.2, 0) is 0 Å². The summed E-state index contributed by atoms with van der Waals surface area (Å²) in [7, 11) is 0. The van der Waals surface area contributed by atoms with E-state index in [0.29, 0.717) is 16.5 Å². The van der Waals surface area contributed by atoms with Crippen molar-refractivity contribution in [1.29, 1.82) is 0 Å². The monoisotopic (exact) mass is 273 g/mol. The largest absolute Gasteiger partial charge is 0.454 e. The van der Waals surface area contributed by atoms with Crippen LogP contribution in [0.3, 0.4) is 0 Å². The average Bonchev–Trinajstić information content (AvgIpc) is 2.82. The van der Waals surface area contributed by atoms with Gasteiger partial charge in [-0.3, -0.25) is 0 Å². The molecule has 3 aromatic rings. The normalized spacial score (nSPS) is 10.8. The number of fused-ring (bicyclic) bond motifs is 1. The number of anilines is 1. The van der Waals surface area contributed by atoms with Gasteiger partial charge in [-0.25, -0.2) is 9.97 Å². The lowest BCUT2D eigenvalue weighted by Gasteiger charge is -2.05. The van der Waals surface area contributed by atoms with Crippen molar-refractivity contribution in [2.75, 3.05) is 11.9 Å². The van der Waals surface area contributed by atoms with Gasteiger partial charge in [-0.05, 0) is 31.2 Å². The SMILES string of the molecule is CCNc1nccnc1-c1cc2cc(Cl)ccc2o1. The van der Waals surface area contributed by atoms with E-state index >= 15 is 0 Å². The van der Waals surface area contributed by atoms with Crippen molar-refractivity contribution in [1.82, 2.24) is 9.97 Å². The molecule has 2 heterocycles. The lowest BCUT2D eigenvalue weighted by Crippen LogP contribution is -2.01. The predicted octanol–water partition coefficient (Wildman–Crippen LogP) is 3.98. The average molecular weight is 274 g/mol. The summed E-state index contributed by atoms with van der Waals surface area (Å²) < 4.78 is 5.79. The van der Waals surface area contributed by atoms with Crippen LogP contribution in [0.2, 0.25) is 5.02 Å². The maximum atomic E-state index is 5.97. The van der Waals surface area contributed by atoms with Crippen LogP contribution < -0.4 is 5.32 Å². The maximum absolute atomic E-state index is 5.97. The first-order valence-corrected chi connectivity index (χ1v) is 6.40. The van der Waals surface area contributed by atoms with Crippen molar-refractivity contribution in [2.24, 2.45) is 0 Å². The molecule has 3 rings (SSSR count). The molecule has 4 nitrogen and oxygen atoms in total. The van der Waals surface area contributed by atoms with E-state index in [2.05, 4.69) is 15.3 Å². The molecule has 0 spiro atoms. The molecule has 0 bridgehead atoms. The summed E-state index contributed by atoms with van der Waals surface area (Å²) in [6, 6.07) is 7.45. The highest BCUT2D eigenvalue weighted by atomic mass is 35.5. The predicted molar refractivity (Wildman–Crippen MR) is 76.4 cm³/mol. The molecule has 19 heavy (non-hydrogen) atoms. The second-order valence-electron chi connectivity index (χ2n) is 4.08. The van der Waals surface area contributed by atoms with Crippen LogP contribution in [0.5, 0.6) is 0 Å². The van der Waals surface area contributed by atoms with E-state index in [9.17, 15) is 0 Å². The van der Waals surface area contributed by atoms with Gasteiger partial charge in [-0.1, -0.05) is 11.6 Å². The Hall–Kier alpha value is -2.07. The van der Waals surface area contributed by atoms with E-state index in [4.69, 9.17) is 16.0 Å². The van der Waals surface area contributed by atoms with E-state index in [0.717, 1.165) is 23.3 Å². The van der Waals surface area contributed by atoms with E-state index in [1.54, 1.807) is 18.5 Å². The summed E-state index contributed by atoms with van der Waals surface area (Å²) in [5, 5.41) is 4.81. The summed E-state index contributed by atoms with van der Waals surface area (Å²) in [4.78, 5) is 8.61. The highest BCUT2D eigenvalue weighted by Gasteiger charge is 2.12. The summed E-state index contributed by atoms with van der Waals surface area (Å²) in [6.45, 7) is 2.79. The van der Waals surface area contributed by atoms with E-state index in [-0.39, 0.29) is 0 Å². The van der Waals surface area contributed by atoms with Crippen LogP contribution in [0.25, 0.3) is 22.4 Å². The smallest absolute Gasteiger partial charge is 0.157 e.